The van der Waals surface area contributed by atoms with Crippen LogP contribution in [0.25, 0.3) is 10.8 Å². The summed E-state index contributed by atoms with van der Waals surface area (Å²) in [4.78, 5) is 16.3. The number of carbonyl (C=O) groups excluding carboxylic acids is 1. The molecule has 3 heteroatoms. The SMILES string of the molecule is NCCCCCCC(=O)c1cccc2cnccc12. The number of fused-ring (bicyclic) bond motifs is 1. The number of pyridine rings is 1. The van der Waals surface area contributed by atoms with Crippen LogP contribution in [0.15, 0.2) is 36.7 Å². The summed E-state index contributed by atoms with van der Waals surface area (Å²) in [5.41, 5.74) is 6.27. The van der Waals surface area contributed by atoms with E-state index in [4.69, 9.17) is 5.73 Å². The fourth-order valence-electron chi connectivity index (χ4n) is 2.28. The molecule has 1 aromatic carbocycles. The smallest absolute Gasteiger partial charge is 0.163 e. The van der Waals surface area contributed by atoms with E-state index in [9.17, 15) is 4.79 Å². The molecule has 19 heavy (non-hydrogen) atoms. The van der Waals surface area contributed by atoms with Crippen LogP contribution in [-0.4, -0.2) is 17.3 Å². The lowest BCUT2D eigenvalue weighted by Gasteiger charge is -2.05. The van der Waals surface area contributed by atoms with Crippen molar-refractivity contribution in [3.8, 4) is 0 Å². The van der Waals surface area contributed by atoms with E-state index in [0.29, 0.717) is 6.42 Å². The summed E-state index contributed by atoms with van der Waals surface area (Å²) in [5, 5.41) is 2.03. The normalized spacial score (nSPS) is 10.8. The number of hydrogen-bond acceptors (Lipinski definition) is 3. The molecule has 0 aliphatic carbocycles. The Kier molecular flexibility index (Phi) is 5.04. The lowest BCUT2D eigenvalue weighted by molar-refractivity contribution is 0.0980. The van der Waals surface area contributed by atoms with Crippen LogP contribution < -0.4 is 5.73 Å². The Bertz CT molecular complexity index is 546. The maximum Gasteiger partial charge on any atom is 0.163 e. The number of unbranched alkanes of at least 4 members (excludes halogenated alkanes) is 3. The molecule has 100 valence electrons. The quantitative estimate of drug-likeness (QED) is 0.610. The summed E-state index contributed by atoms with van der Waals surface area (Å²) in [7, 11) is 0. The van der Waals surface area contributed by atoms with Gasteiger partial charge in [-0.15, -0.1) is 0 Å². The number of ketones is 1. The minimum atomic E-state index is 0.226. The van der Waals surface area contributed by atoms with Gasteiger partial charge < -0.3 is 5.73 Å². The van der Waals surface area contributed by atoms with Crippen molar-refractivity contribution in [2.75, 3.05) is 6.54 Å². The molecule has 0 fully saturated rings. The maximum absolute atomic E-state index is 12.2. The van der Waals surface area contributed by atoms with E-state index in [2.05, 4.69) is 4.98 Å². The molecule has 0 spiro atoms. The van der Waals surface area contributed by atoms with E-state index in [-0.39, 0.29) is 5.78 Å². The van der Waals surface area contributed by atoms with Crippen LogP contribution in [0.5, 0.6) is 0 Å². The Morgan fingerprint density at radius 3 is 2.79 bits per heavy atom. The van der Waals surface area contributed by atoms with Crippen molar-refractivity contribution in [1.82, 2.24) is 4.98 Å². The van der Waals surface area contributed by atoms with Crippen LogP contribution in [0.2, 0.25) is 0 Å². The Morgan fingerprint density at radius 2 is 1.95 bits per heavy atom. The fraction of sp³-hybridized carbons (Fsp3) is 0.375. The number of aromatic nitrogens is 1. The van der Waals surface area contributed by atoms with Crippen molar-refractivity contribution in [2.24, 2.45) is 5.73 Å². The molecule has 3 nitrogen and oxygen atoms in total. The summed E-state index contributed by atoms with van der Waals surface area (Å²) in [6, 6.07) is 7.73. The maximum atomic E-state index is 12.2. The first-order valence-electron chi connectivity index (χ1n) is 6.89. The molecule has 0 atom stereocenters. The summed E-state index contributed by atoms with van der Waals surface area (Å²) >= 11 is 0. The fourth-order valence-corrected chi connectivity index (χ4v) is 2.28. The van der Waals surface area contributed by atoms with E-state index < -0.39 is 0 Å². The average Bonchev–Trinajstić information content (AvgIpc) is 2.46. The van der Waals surface area contributed by atoms with Gasteiger partial charge in [0.05, 0.1) is 0 Å². The highest BCUT2D eigenvalue weighted by Gasteiger charge is 2.09. The minimum absolute atomic E-state index is 0.226. The van der Waals surface area contributed by atoms with Gasteiger partial charge in [0.15, 0.2) is 5.78 Å². The van der Waals surface area contributed by atoms with Crippen LogP contribution >= 0.6 is 0 Å². The molecule has 2 N–H and O–H groups in total. The monoisotopic (exact) mass is 256 g/mol. The molecule has 0 aliphatic rings. The topological polar surface area (TPSA) is 56.0 Å². The highest BCUT2D eigenvalue weighted by Crippen LogP contribution is 2.19. The molecule has 2 aromatic rings. The Hall–Kier alpha value is -1.74. The Morgan fingerprint density at radius 1 is 1.11 bits per heavy atom. The second-order valence-corrected chi connectivity index (χ2v) is 4.78. The Balaban J connectivity index is 2.01. The predicted octanol–water partition coefficient (Wildman–Crippen LogP) is 3.33. The molecular formula is C16H20N2O. The van der Waals surface area contributed by atoms with E-state index in [1.165, 1.54) is 0 Å². The van der Waals surface area contributed by atoms with E-state index in [0.717, 1.165) is 48.6 Å². The van der Waals surface area contributed by atoms with Crippen molar-refractivity contribution in [3.05, 3.63) is 42.2 Å². The molecule has 0 amide bonds. The average molecular weight is 256 g/mol. The predicted molar refractivity (Wildman–Crippen MR) is 78.2 cm³/mol. The van der Waals surface area contributed by atoms with Gasteiger partial charge in [-0.1, -0.05) is 31.0 Å². The standard InChI is InChI=1S/C16H20N2O/c17-10-4-2-1-3-8-16(19)15-7-5-6-13-12-18-11-9-14(13)15/h5-7,9,11-12H,1-4,8,10,17H2. The van der Waals surface area contributed by atoms with Crippen molar-refractivity contribution in [3.63, 3.8) is 0 Å². The van der Waals surface area contributed by atoms with Gasteiger partial charge in [0, 0.05) is 29.8 Å². The van der Waals surface area contributed by atoms with Crippen LogP contribution in [0.3, 0.4) is 0 Å². The van der Waals surface area contributed by atoms with Crippen molar-refractivity contribution < 1.29 is 4.79 Å². The highest BCUT2D eigenvalue weighted by molar-refractivity contribution is 6.07. The highest BCUT2D eigenvalue weighted by atomic mass is 16.1. The van der Waals surface area contributed by atoms with Crippen molar-refractivity contribution >= 4 is 16.6 Å². The molecule has 0 bridgehead atoms. The molecule has 0 saturated heterocycles. The summed E-state index contributed by atoms with van der Waals surface area (Å²) in [6.07, 6.45) is 8.34. The Labute approximate surface area is 113 Å². The van der Waals surface area contributed by atoms with E-state index >= 15 is 0 Å². The molecule has 0 saturated carbocycles. The van der Waals surface area contributed by atoms with Crippen LogP contribution in [0, 0.1) is 0 Å². The van der Waals surface area contributed by atoms with Crippen LogP contribution in [0.1, 0.15) is 42.5 Å². The lowest BCUT2D eigenvalue weighted by Crippen LogP contribution is -2.01. The van der Waals surface area contributed by atoms with Gasteiger partial charge in [-0.05, 0) is 30.8 Å². The van der Waals surface area contributed by atoms with Gasteiger partial charge in [-0.2, -0.15) is 0 Å². The second kappa shape index (κ2) is 7.00. The molecule has 1 heterocycles. The minimum Gasteiger partial charge on any atom is -0.330 e. The van der Waals surface area contributed by atoms with Gasteiger partial charge in [-0.3, -0.25) is 9.78 Å². The largest absolute Gasteiger partial charge is 0.330 e. The zero-order chi connectivity index (χ0) is 13.5. The van der Waals surface area contributed by atoms with Gasteiger partial charge in [-0.25, -0.2) is 0 Å². The van der Waals surface area contributed by atoms with E-state index in [1.807, 2.05) is 24.3 Å². The first-order chi connectivity index (χ1) is 9.33. The lowest BCUT2D eigenvalue weighted by atomic mass is 9.99. The van der Waals surface area contributed by atoms with Gasteiger partial charge in [0.2, 0.25) is 0 Å². The number of nitrogens with zero attached hydrogens (tertiary/aromatic N) is 1. The van der Waals surface area contributed by atoms with E-state index in [1.54, 1.807) is 12.4 Å². The summed E-state index contributed by atoms with van der Waals surface area (Å²) < 4.78 is 0. The van der Waals surface area contributed by atoms with Gasteiger partial charge >= 0.3 is 0 Å². The third-order valence-electron chi connectivity index (χ3n) is 3.34. The zero-order valence-corrected chi connectivity index (χ0v) is 11.1. The third-order valence-corrected chi connectivity index (χ3v) is 3.34. The van der Waals surface area contributed by atoms with Crippen molar-refractivity contribution in [1.29, 1.82) is 0 Å². The second-order valence-electron chi connectivity index (χ2n) is 4.78. The number of benzene rings is 1. The first kappa shape index (κ1) is 13.7. The zero-order valence-electron chi connectivity index (χ0n) is 11.1. The molecule has 0 unspecified atom stereocenters. The number of nitrogens with two attached hydrogens (primary N) is 1. The number of carbonyl (C=O) groups is 1. The molecule has 1 aromatic heterocycles. The molecule has 0 radical (unpaired) electrons. The summed E-state index contributed by atoms with van der Waals surface area (Å²) in [6.45, 7) is 0.740. The number of hydrogen-bond donors (Lipinski definition) is 1. The van der Waals surface area contributed by atoms with Gasteiger partial charge in [0.1, 0.15) is 0 Å². The van der Waals surface area contributed by atoms with Crippen molar-refractivity contribution in [2.45, 2.75) is 32.1 Å². The molecule has 0 aliphatic heterocycles. The van der Waals surface area contributed by atoms with Gasteiger partial charge in [0.25, 0.3) is 0 Å². The van der Waals surface area contributed by atoms with Crippen LogP contribution in [-0.2, 0) is 0 Å². The van der Waals surface area contributed by atoms with Crippen LogP contribution in [0.4, 0.5) is 0 Å². The number of Topliss-reactive ketones (excluding diaryl/α,β-unsaturated/α-hetero) is 1. The first-order valence-corrected chi connectivity index (χ1v) is 6.89. The molecular weight excluding hydrogens is 236 g/mol. The molecule has 2 rings (SSSR count). The number of rotatable bonds is 7. The summed E-state index contributed by atoms with van der Waals surface area (Å²) in [5.74, 6) is 0.226. The third kappa shape index (κ3) is 3.61.